The van der Waals surface area contributed by atoms with Gasteiger partial charge in [0, 0.05) is 4.88 Å². The van der Waals surface area contributed by atoms with Gasteiger partial charge in [0.15, 0.2) is 11.6 Å². The van der Waals surface area contributed by atoms with Gasteiger partial charge >= 0.3 is 0 Å². The SMILES string of the molecule is O=S(=O)(N[C@H](c1ccc(F)cc1)c1cccs1)c1ccc(F)c(F)c1. The highest BCUT2D eigenvalue weighted by Crippen LogP contribution is 2.28. The Labute approximate surface area is 146 Å². The van der Waals surface area contributed by atoms with Crippen LogP contribution >= 0.6 is 11.3 Å². The van der Waals surface area contributed by atoms with E-state index in [1.165, 1.54) is 35.6 Å². The molecule has 0 saturated carbocycles. The molecule has 1 N–H and O–H groups in total. The third-order valence-electron chi connectivity index (χ3n) is 3.51. The average Bonchev–Trinajstić information content (AvgIpc) is 3.10. The summed E-state index contributed by atoms with van der Waals surface area (Å²) in [7, 11) is -4.13. The van der Waals surface area contributed by atoms with Crippen molar-refractivity contribution >= 4 is 21.4 Å². The molecule has 3 nitrogen and oxygen atoms in total. The molecule has 8 heteroatoms. The van der Waals surface area contributed by atoms with Crippen LogP contribution in [0.3, 0.4) is 0 Å². The first kappa shape index (κ1) is 17.7. The van der Waals surface area contributed by atoms with Gasteiger partial charge in [-0.05, 0) is 47.3 Å². The average molecular weight is 383 g/mol. The number of sulfonamides is 1. The maximum Gasteiger partial charge on any atom is 0.241 e. The Kier molecular flexibility index (Phi) is 4.94. The van der Waals surface area contributed by atoms with Crippen LogP contribution in [-0.2, 0) is 10.0 Å². The molecule has 0 fully saturated rings. The molecule has 1 aromatic heterocycles. The van der Waals surface area contributed by atoms with E-state index < -0.39 is 38.4 Å². The van der Waals surface area contributed by atoms with Crippen molar-refractivity contribution in [3.8, 4) is 0 Å². The van der Waals surface area contributed by atoms with E-state index in [0.29, 0.717) is 16.5 Å². The fourth-order valence-electron chi connectivity index (χ4n) is 2.27. The number of halogens is 3. The lowest BCUT2D eigenvalue weighted by Gasteiger charge is -2.18. The van der Waals surface area contributed by atoms with Crippen molar-refractivity contribution in [1.82, 2.24) is 4.72 Å². The fraction of sp³-hybridized carbons (Fsp3) is 0.0588. The zero-order valence-corrected chi connectivity index (χ0v) is 14.3. The molecule has 1 heterocycles. The van der Waals surface area contributed by atoms with Crippen molar-refractivity contribution < 1.29 is 21.6 Å². The highest BCUT2D eigenvalue weighted by molar-refractivity contribution is 7.89. The molecule has 2 aromatic carbocycles. The molecule has 3 rings (SSSR count). The Morgan fingerprint density at radius 3 is 2.24 bits per heavy atom. The van der Waals surface area contributed by atoms with Gasteiger partial charge in [-0.25, -0.2) is 21.6 Å². The van der Waals surface area contributed by atoms with Crippen molar-refractivity contribution in [1.29, 1.82) is 0 Å². The summed E-state index contributed by atoms with van der Waals surface area (Å²) in [4.78, 5) is 0.285. The van der Waals surface area contributed by atoms with E-state index >= 15 is 0 Å². The summed E-state index contributed by atoms with van der Waals surface area (Å²) in [5.74, 6) is -2.83. The van der Waals surface area contributed by atoms with E-state index in [2.05, 4.69) is 4.72 Å². The molecule has 0 unspecified atom stereocenters. The first-order valence-electron chi connectivity index (χ1n) is 7.13. The topological polar surface area (TPSA) is 46.2 Å². The van der Waals surface area contributed by atoms with E-state index in [0.717, 1.165) is 12.1 Å². The number of hydrogen-bond acceptors (Lipinski definition) is 3. The second kappa shape index (κ2) is 6.99. The minimum absolute atomic E-state index is 0.393. The van der Waals surface area contributed by atoms with E-state index in [4.69, 9.17) is 0 Å². The van der Waals surface area contributed by atoms with Crippen LogP contribution in [0.15, 0.2) is 64.9 Å². The lowest BCUT2D eigenvalue weighted by molar-refractivity contribution is 0.504. The van der Waals surface area contributed by atoms with Gasteiger partial charge in [-0.3, -0.25) is 0 Å². The molecule has 0 saturated heterocycles. The normalized spacial score (nSPS) is 12.9. The van der Waals surface area contributed by atoms with Gasteiger partial charge in [0.1, 0.15) is 5.82 Å². The standard InChI is InChI=1S/C17H12F3NO2S2/c18-12-5-3-11(4-6-12)17(16-2-1-9-24-16)21-25(22,23)13-7-8-14(19)15(20)10-13/h1-10,17,21H/t17-/m1/s1. The number of hydrogen-bond donors (Lipinski definition) is 1. The summed E-state index contributed by atoms with van der Waals surface area (Å²) in [5, 5.41) is 1.78. The monoisotopic (exact) mass is 383 g/mol. The van der Waals surface area contributed by atoms with Crippen LogP contribution in [0, 0.1) is 17.5 Å². The van der Waals surface area contributed by atoms with Gasteiger partial charge in [0.2, 0.25) is 10.0 Å². The molecule has 130 valence electrons. The summed E-state index contributed by atoms with van der Waals surface area (Å²) in [5.41, 5.74) is 0.523. The minimum Gasteiger partial charge on any atom is -0.207 e. The quantitative estimate of drug-likeness (QED) is 0.717. The highest BCUT2D eigenvalue weighted by atomic mass is 32.2. The molecule has 0 spiro atoms. The number of benzene rings is 2. The Hall–Kier alpha value is -2.16. The van der Waals surface area contributed by atoms with E-state index in [1.54, 1.807) is 17.5 Å². The predicted molar refractivity (Wildman–Crippen MR) is 89.2 cm³/mol. The molecule has 1 atom stereocenters. The molecule has 0 radical (unpaired) electrons. The number of thiophene rings is 1. The maximum absolute atomic E-state index is 13.4. The summed E-state index contributed by atoms with van der Waals surface area (Å²) in [6.45, 7) is 0. The van der Waals surface area contributed by atoms with E-state index in [9.17, 15) is 21.6 Å². The summed E-state index contributed by atoms with van der Waals surface area (Å²) in [6.07, 6.45) is 0. The van der Waals surface area contributed by atoms with Crippen molar-refractivity contribution in [3.63, 3.8) is 0 Å². The van der Waals surface area contributed by atoms with Gasteiger partial charge in [0.05, 0.1) is 10.9 Å². The molecule has 0 aliphatic heterocycles. The van der Waals surface area contributed by atoms with Crippen LogP contribution in [0.2, 0.25) is 0 Å². The third kappa shape index (κ3) is 3.92. The van der Waals surface area contributed by atoms with Gasteiger partial charge in [-0.1, -0.05) is 18.2 Å². The van der Waals surface area contributed by atoms with Crippen LogP contribution in [0.1, 0.15) is 16.5 Å². The highest BCUT2D eigenvalue weighted by Gasteiger charge is 2.24. The van der Waals surface area contributed by atoms with Gasteiger partial charge in [-0.15, -0.1) is 11.3 Å². The fourth-order valence-corrected chi connectivity index (χ4v) is 4.36. The first-order valence-corrected chi connectivity index (χ1v) is 9.49. The Balaban J connectivity index is 1.99. The Bertz CT molecular complexity index is 972. The minimum atomic E-state index is -4.13. The summed E-state index contributed by atoms with van der Waals surface area (Å²) >= 11 is 1.32. The zero-order chi connectivity index (χ0) is 18.0. The lowest BCUT2D eigenvalue weighted by Crippen LogP contribution is -2.29. The molecule has 25 heavy (non-hydrogen) atoms. The molecule has 0 aliphatic carbocycles. The zero-order valence-electron chi connectivity index (χ0n) is 12.6. The van der Waals surface area contributed by atoms with Crippen LogP contribution in [0.25, 0.3) is 0 Å². The van der Waals surface area contributed by atoms with E-state index in [1.807, 2.05) is 0 Å². The Morgan fingerprint density at radius 2 is 1.64 bits per heavy atom. The smallest absolute Gasteiger partial charge is 0.207 e. The molecule has 0 amide bonds. The van der Waals surface area contributed by atoms with Crippen LogP contribution in [0.5, 0.6) is 0 Å². The van der Waals surface area contributed by atoms with E-state index in [-0.39, 0.29) is 0 Å². The number of rotatable bonds is 5. The van der Waals surface area contributed by atoms with Gasteiger partial charge in [-0.2, -0.15) is 4.72 Å². The van der Waals surface area contributed by atoms with Crippen molar-refractivity contribution in [2.75, 3.05) is 0 Å². The Morgan fingerprint density at radius 1 is 0.920 bits per heavy atom. The van der Waals surface area contributed by atoms with Crippen LogP contribution in [0.4, 0.5) is 13.2 Å². The molecule has 0 bridgehead atoms. The van der Waals surface area contributed by atoms with Crippen molar-refractivity contribution in [2.45, 2.75) is 10.9 Å². The largest absolute Gasteiger partial charge is 0.241 e. The van der Waals surface area contributed by atoms with Gasteiger partial charge in [0.25, 0.3) is 0 Å². The maximum atomic E-state index is 13.4. The second-order valence-electron chi connectivity index (χ2n) is 5.20. The van der Waals surface area contributed by atoms with Crippen LogP contribution < -0.4 is 4.72 Å². The molecular formula is C17H12F3NO2S2. The van der Waals surface area contributed by atoms with Crippen molar-refractivity contribution in [2.24, 2.45) is 0 Å². The first-order chi connectivity index (χ1) is 11.9. The van der Waals surface area contributed by atoms with Gasteiger partial charge < -0.3 is 0 Å². The third-order valence-corrected chi connectivity index (χ3v) is 5.86. The molecule has 3 aromatic rings. The number of nitrogens with one attached hydrogen (secondary N) is 1. The van der Waals surface area contributed by atoms with Crippen LogP contribution in [-0.4, -0.2) is 8.42 Å². The summed E-state index contributed by atoms with van der Waals surface area (Å²) < 4.78 is 67.2. The molecular weight excluding hydrogens is 371 g/mol. The van der Waals surface area contributed by atoms with Crippen molar-refractivity contribution in [3.05, 3.63) is 87.9 Å². The predicted octanol–water partition coefficient (Wildman–Crippen LogP) is 4.23. The second-order valence-corrected chi connectivity index (χ2v) is 7.89. The molecule has 0 aliphatic rings. The summed E-state index contributed by atoms with van der Waals surface area (Å²) in [6, 6.07) is 10.4. The lowest BCUT2D eigenvalue weighted by atomic mass is 10.1.